The van der Waals surface area contributed by atoms with Crippen LogP contribution in [0.1, 0.15) is 28.8 Å². The molecule has 1 atom stereocenters. The van der Waals surface area contributed by atoms with E-state index in [-0.39, 0.29) is 18.0 Å². The number of amides is 3. The van der Waals surface area contributed by atoms with E-state index in [2.05, 4.69) is 26.3 Å². The number of nitrogens with zero attached hydrogens (tertiary/aromatic N) is 2. The molecule has 3 amide bonds. The van der Waals surface area contributed by atoms with E-state index >= 15 is 0 Å². The molecular weight excluding hydrogens is 432 g/mol. The molecule has 4 N–H and O–H groups in total. The van der Waals surface area contributed by atoms with Crippen LogP contribution in [-0.2, 0) is 11.3 Å². The predicted octanol–water partition coefficient (Wildman–Crippen LogP) is 3.42. The molecule has 1 aromatic carbocycles. The lowest BCUT2D eigenvalue weighted by molar-refractivity contribution is 0.0963. The van der Waals surface area contributed by atoms with Gasteiger partial charge in [-0.15, -0.1) is 0 Å². The highest BCUT2D eigenvalue weighted by molar-refractivity contribution is 5.99. The average Bonchev–Trinajstić information content (AvgIpc) is 3.40. The second-order valence-electron chi connectivity index (χ2n) is 7.93. The van der Waals surface area contributed by atoms with Crippen LogP contribution in [0.3, 0.4) is 0 Å². The van der Waals surface area contributed by atoms with Crippen molar-refractivity contribution in [1.29, 1.82) is 0 Å². The summed E-state index contributed by atoms with van der Waals surface area (Å²) in [5.74, 6) is 0.315. The molecule has 0 bridgehead atoms. The number of hydrogen-bond acceptors (Lipinski definition) is 6. The van der Waals surface area contributed by atoms with Gasteiger partial charge in [0.05, 0.1) is 17.4 Å². The van der Waals surface area contributed by atoms with Crippen LogP contribution in [0.4, 0.5) is 16.3 Å². The molecule has 0 aliphatic carbocycles. The summed E-state index contributed by atoms with van der Waals surface area (Å²) in [4.78, 5) is 33.2. The molecule has 9 heteroatoms. The van der Waals surface area contributed by atoms with E-state index in [4.69, 9.17) is 9.72 Å². The Labute approximate surface area is 198 Å². The van der Waals surface area contributed by atoms with Gasteiger partial charge in [0.2, 0.25) is 0 Å². The maximum absolute atomic E-state index is 12.3. The minimum atomic E-state index is -0.301. The number of ether oxygens (including phenoxy) is 1. The Balaban J connectivity index is 1.41. The summed E-state index contributed by atoms with van der Waals surface area (Å²) < 4.78 is 5.67. The second kappa shape index (κ2) is 11.2. The smallest absolute Gasteiger partial charge is 0.319 e. The van der Waals surface area contributed by atoms with Crippen molar-refractivity contribution in [2.24, 2.45) is 0 Å². The number of benzene rings is 1. The van der Waals surface area contributed by atoms with Crippen molar-refractivity contribution < 1.29 is 14.3 Å². The first kappa shape index (κ1) is 23.2. The minimum Gasteiger partial charge on any atom is -0.376 e. The highest BCUT2D eigenvalue weighted by atomic mass is 16.5. The van der Waals surface area contributed by atoms with E-state index in [0.717, 1.165) is 36.3 Å². The molecule has 1 aliphatic heterocycles. The van der Waals surface area contributed by atoms with Gasteiger partial charge in [0, 0.05) is 50.4 Å². The molecular formula is C25H28N6O3. The van der Waals surface area contributed by atoms with Gasteiger partial charge < -0.3 is 26.0 Å². The number of carbonyl (C=O) groups excluding carboxylic acids is 2. The zero-order chi connectivity index (χ0) is 23.8. The molecule has 1 aliphatic rings. The highest BCUT2D eigenvalue weighted by Gasteiger charge is 2.18. The standard InChI is InChI=1S/C25H28N6O3/c1-26-24(32)21-10-11-22(31-23(21)28-16-20-5-3-13-34-20)18-6-8-19(9-7-18)30-25(33)29-15-17-4-2-12-27-14-17/h2,4,6-12,14,20H,3,5,13,15-16H2,1H3,(H,26,32)(H,28,31)(H2,29,30,33). The minimum absolute atomic E-state index is 0.123. The van der Waals surface area contributed by atoms with Crippen molar-refractivity contribution in [3.8, 4) is 11.3 Å². The Bertz CT molecular complexity index is 1120. The first-order valence-corrected chi connectivity index (χ1v) is 11.2. The van der Waals surface area contributed by atoms with Gasteiger partial charge in [0.25, 0.3) is 5.91 Å². The maximum Gasteiger partial charge on any atom is 0.319 e. The fraction of sp³-hybridized carbons (Fsp3) is 0.280. The molecule has 2 aromatic heterocycles. The van der Waals surface area contributed by atoms with Crippen molar-refractivity contribution >= 4 is 23.4 Å². The first-order chi connectivity index (χ1) is 16.6. The lowest BCUT2D eigenvalue weighted by Gasteiger charge is -2.15. The van der Waals surface area contributed by atoms with E-state index in [1.54, 1.807) is 25.5 Å². The third-order valence-corrected chi connectivity index (χ3v) is 5.50. The van der Waals surface area contributed by atoms with E-state index in [9.17, 15) is 9.59 Å². The van der Waals surface area contributed by atoms with Crippen LogP contribution >= 0.6 is 0 Å². The number of pyridine rings is 2. The molecule has 4 rings (SSSR count). The lowest BCUT2D eigenvalue weighted by atomic mass is 10.1. The predicted molar refractivity (Wildman–Crippen MR) is 131 cm³/mol. The molecule has 0 radical (unpaired) electrons. The Morgan fingerprint density at radius 1 is 1.12 bits per heavy atom. The van der Waals surface area contributed by atoms with Crippen LogP contribution in [0.2, 0.25) is 0 Å². The number of aromatic nitrogens is 2. The van der Waals surface area contributed by atoms with Crippen molar-refractivity contribution in [3.63, 3.8) is 0 Å². The van der Waals surface area contributed by atoms with Gasteiger partial charge in [-0.3, -0.25) is 9.78 Å². The summed E-state index contributed by atoms with van der Waals surface area (Å²) in [6, 6.07) is 14.4. The van der Waals surface area contributed by atoms with Crippen LogP contribution in [0.15, 0.2) is 60.9 Å². The number of nitrogens with one attached hydrogen (secondary N) is 4. The average molecular weight is 461 g/mol. The molecule has 34 heavy (non-hydrogen) atoms. The summed E-state index contributed by atoms with van der Waals surface area (Å²) in [6.45, 7) is 1.75. The molecule has 176 valence electrons. The topological polar surface area (TPSA) is 117 Å². The zero-order valence-corrected chi connectivity index (χ0v) is 19.0. The summed E-state index contributed by atoms with van der Waals surface area (Å²) in [5.41, 5.74) is 3.64. The Morgan fingerprint density at radius 3 is 2.68 bits per heavy atom. The number of urea groups is 1. The van der Waals surface area contributed by atoms with Gasteiger partial charge in [0.1, 0.15) is 5.82 Å². The van der Waals surface area contributed by atoms with E-state index in [0.29, 0.717) is 30.2 Å². The fourth-order valence-electron chi connectivity index (χ4n) is 3.67. The summed E-state index contributed by atoms with van der Waals surface area (Å²) in [7, 11) is 1.60. The largest absolute Gasteiger partial charge is 0.376 e. The van der Waals surface area contributed by atoms with Gasteiger partial charge in [-0.05, 0) is 48.7 Å². The van der Waals surface area contributed by atoms with Gasteiger partial charge in [-0.1, -0.05) is 18.2 Å². The molecule has 3 aromatic rings. The van der Waals surface area contributed by atoms with Crippen molar-refractivity contribution in [3.05, 3.63) is 72.1 Å². The van der Waals surface area contributed by atoms with Crippen LogP contribution in [-0.4, -0.2) is 48.2 Å². The molecule has 0 saturated carbocycles. The lowest BCUT2D eigenvalue weighted by Crippen LogP contribution is -2.28. The number of rotatable bonds is 8. The molecule has 0 spiro atoms. The molecule has 9 nitrogen and oxygen atoms in total. The number of carbonyl (C=O) groups is 2. The van der Waals surface area contributed by atoms with Crippen molar-refractivity contribution in [1.82, 2.24) is 20.6 Å². The van der Waals surface area contributed by atoms with E-state index in [1.807, 2.05) is 42.5 Å². The summed E-state index contributed by atoms with van der Waals surface area (Å²) in [6.07, 6.45) is 5.56. The number of hydrogen-bond donors (Lipinski definition) is 4. The third kappa shape index (κ3) is 6.08. The van der Waals surface area contributed by atoms with E-state index in [1.165, 1.54) is 0 Å². The Kier molecular flexibility index (Phi) is 7.67. The fourth-order valence-corrected chi connectivity index (χ4v) is 3.67. The quantitative estimate of drug-likeness (QED) is 0.409. The zero-order valence-electron chi connectivity index (χ0n) is 19.0. The summed E-state index contributed by atoms with van der Waals surface area (Å²) >= 11 is 0. The van der Waals surface area contributed by atoms with E-state index < -0.39 is 0 Å². The van der Waals surface area contributed by atoms with Crippen molar-refractivity contribution in [2.45, 2.75) is 25.5 Å². The van der Waals surface area contributed by atoms with Gasteiger partial charge in [-0.25, -0.2) is 9.78 Å². The normalized spacial score (nSPS) is 14.9. The molecule has 1 saturated heterocycles. The second-order valence-corrected chi connectivity index (χ2v) is 7.93. The van der Waals surface area contributed by atoms with Gasteiger partial charge in [0.15, 0.2) is 0 Å². The van der Waals surface area contributed by atoms with Gasteiger partial charge >= 0.3 is 6.03 Å². The van der Waals surface area contributed by atoms with Crippen LogP contribution in [0.25, 0.3) is 11.3 Å². The highest BCUT2D eigenvalue weighted by Crippen LogP contribution is 2.24. The molecule has 1 unspecified atom stereocenters. The summed E-state index contributed by atoms with van der Waals surface area (Å²) in [5, 5.41) is 11.6. The first-order valence-electron chi connectivity index (χ1n) is 11.2. The Morgan fingerprint density at radius 2 is 1.97 bits per heavy atom. The van der Waals surface area contributed by atoms with Crippen molar-refractivity contribution in [2.75, 3.05) is 30.8 Å². The van der Waals surface area contributed by atoms with Crippen LogP contribution in [0, 0.1) is 0 Å². The number of anilines is 2. The van der Waals surface area contributed by atoms with Gasteiger partial charge in [-0.2, -0.15) is 0 Å². The Hall–Kier alpha value is -3.98. The third-order valence-electron chi connectivity index (χ3n) is 5.50. The van der Waals surface area contributed by atoms with Crippen LogP contribution < -0.4 is 21.3 Å². The SMILES string of the molecule is CNC(=O)c1ccc(-c2ccc(NC(=O)NCc3cccnc3)cc2)nc1NCC1CCCO1. The van der Waals surface area contributed by atoms with Crippen LogP contribution in [0.5, 0.6) is 0 Å². The molecule has 1 fully saturated rings. The monoisotopic (exact) mass is 460 g/mol. The molecule has 3 heterocycles. The maximum atomic E-state index is 12.3.